The number of nitrogens with two attached hydrogens (primary N) is 1. The summed E-state index contributed by atoms with van der Waals surface area (Å²) in [5.41, 5.74) is 8.16. The van der Waals surface area contributed by atoms with Crippen molar-refractivity contribution in [3.05, 3.63) is 17.0 Å². The third-order valence-electron chi connectivity index (χ3n) is 5.42. The number of nitrogens with zero attached hydrogens (tertiary/aromatic N) is 5. The molecule has 9 nitrogen and oxygen atoms in total. The summed E-state index contributed by atoms with van der Waals surface area (Å²) in [4.78, 5) is 34.9. The second-order valence-corrected chi connectivity index (χ2v) is 7.25. The normalized spacial score (nSPS) is 17.1. The van der Waals surface area contributed by atoms with Crippen LogP contribution >= 0.6 is 0 Å². The van der Waals surface area contributed by atoms with Crippen LogP contribution in [0.1, 0.15) is 56.0 Å². The van der Waals surface area contributed by atoms with Crippen molar-refractivity contribution in [2.24, 2.45) is 0 Å². The van der Waals surface area contributed by atoms with Crippen molar-refractivity contribution in [3.63, 3.8) is 0 Å². The maximum atomic E-state index is 12.4. The SMILES string of the molecule is CC[C@@H]1CCCCN1C(=O)COC(=O)CCc1c(C)nc2nc(N)nn2c1C. The van der Waals surface area contributed by atoms with E-state index in [-0.39, 0.29) is 30.9 Å². The van der Waals surface area contributed by atoms with Crippen molar-refractivity contribution in [2.45, 2.75) is 65.3 Å². The highest BCUT2D eigenvalue weighted by atomic mass is 16.5. The molecule has 3 rings (SSSR count). The second kappa shape index (κ2) is 8.53. The summed E-state index contributed by atoms with van der Waals surface area (Å²) >= 11 is 0. The maximum absolute atomic E-state index is 12.4. The molecule has 1 aliphatic heterocycles. The molecule has 2 aromatic heterocycles. The Morgan fingerprint density at radius 1 is 1.25 bits per heavy atom. The van der Waals surface area contributed by atoms with Gasteiger partial charge in [0.05, 0.1) is 0 Å². The van der Waals surface area contributed by atoms with Gasteiger partial charge in [0.25, 0.3) is 11.7 Å². The molecule has 0 radical (unpaired) electrons. The van der Waals surface area contributed by atoms with E-state index in [9.17, 15) is 9.59 Å². The number of aromatic nitrogens is 4. The van der Waals surface area contributed by atoms with Crippen LogP contribution in [-0.4, -0.2) is 55.6 Å². The van der Waals surface area contributed by atoms with Crippen molar-refractivity contribution >= 4 is 23.6 Å². The number of ether oxygens (including phenoxy) is 1. The summed E-state index contributed by atoms with van der Waals surface area (Å²) in [6.07, 6.45) is 4.74. The Labute approximate surface area is 164 Å². The number of fused-ring (bicyclic) bond motifs is 1. The molecule has 9 heteroatoms. The average Bonchev–Trinajstić information content (AvgIpc) is 3.06. The molecule has 1 amide bonds. The number of amides is 1. The van der Waals surface area contributed by atoms with Gasteiger partial charge in [-0.25, -0.2) is 4.98 Å². The molecule has 0 bridgehead atoms. The molecule has 0 unspecified atom stereocenters. The number of esters is 1. The first-order valence-electron chi connectivity index (χ1n) is 9.84. The molecule has 1 atom stereocenters. The van der Waals surface area contributed by atoms with Crippen molar-refractivity contribution in [3.8, 4) is 0 Å². The van der Waals surface area contributed by atoms with Gasteiger partial charge in [0, 0.05) is 30.4 Å². The number of piperidine rings is 1. The first-order chi connectivity index (χ1) is 13.4. The summed E-state index contributed by atoms with van der Waals surface area (Å²) < 4.78 is 6.81. The fourth-order valence-corrected chi connectivity index (χ4v) is 3.86. The van der Waals surface area contributed by atoms with Crippen molar-refractivity contribution in [1.82, 2.24) is 24.5 Å². The van der Waals surface area contributed by atoms with E-state index < -0.39 is 5.97 Å². The Morgan fingerprint density at radius 3 is 2.79 bits per heavy atom. The van der Waals surface area contributed by atoms with E-state index in [4.69, 9.17) is 10.5 Å². The lowest BCUT2D eigenvalue weighted by molar-refractivity contribution is -0.153. The number of likely N-dealkylation sites (tertiary alicyclic amines) is 1. The number of hydrogen-bond donors (Lipinski definition) is 1. The van der Waals surface area contributed by atoms with Crippen molar-refractivity contribution < 1.29 is 14.3 Å². The summed E-state index contributed by atoms with van der Waals surface area (Å²) in [6, 6.07) is 0.262. The fraction of sp³-hybridized carbons (Fsp3) is 0.632. The van der Waals surface area contributed by atoms with Gasteiger partial charge in [0.15, 0.2) is 6.61 Å². The van der Waals surface area contributed by atoms with Crippen molar-refractivity contribution in [1.29, 1.82) is 0 Å². The molecule has 1 fully saturated rings. The monoisotopic (exact) mass is 388 g/mol. The van der Waals surface area contributed by atoms with E-state index in [1.807, 2.05) is 18.7 Å². The predicted molar refractivity (Wildman–Crippen MR) is 104 cm³/mol. The molecule has 2 aromatic rings. The summed E-state index contributed by atoms with van der Waals surface area (Å²) in [7, 11) is 0. The van der Waals surface area contributed by atoms with Crippen LogP contribution in [-0.2, 0) is 20.7 Å². The van der Waals surface area contributed by atoms with Crippen LogP contribution in [0.4, 0.5) is 5.95 Å². The highest BCUT2D eigenvalue weighted by molar-refractivity contribution is 5.81. The van der Waals surface area contributed by atoms with Crippen LogP contribution in [0.3, 0.4) is 0 Å². The van der Waals surface area contributed by atoms with E-state index >= 15 is 0 Å². The zero-order chi connectivity index (χ0) is 20.3. The first-order valence-corrected chi connectivity index (χ1v) is 9.84. The van der Waals surface area contributed by atoms with Gasteiger partial charge in [-0.1, -0.05) is 6.92 Å². The predicted octanol–water partition coefficient (Wildman–Crippen LogP) is 1.59. The maximum Gasteiger partial charge on any atom is 0.306 e. The van der Waals surface area contributed by atoms with E-state index in [0.29, 0.717) is 12.2 Å². The lowest BCUT2D eigenvalue weighted by Gasteiger charge is -2.35. The molecule has 3 heterocycles. The third kappa shape index (κ3) is 4.23. The molecule has 1 aliphatic rings. The highest BCUT2D eigenvalue weighted by Crippen LogP contribution is 2.20. The molecule has 0 aromatic carbocycles. The van der Waals surface area contributed by atoms with Crippen LogP contribution in [0, 0.1) is 13.8 Å². The Balaban J connectivity index is 1.56. The zero-order valence-corrected chi connectivity index (χ0v) is 16.8. The quantitative estimate of drug-likeness (QED) is 0.747. The van der Waals surface area contributed by atoms with Crippen LogP contribution < -0.4 is 5.73 Å². The molecule has 2 N–H and O–H groups in total. The van der Waals surface area contributed by atoms with E-state index in [1.54, 1.807) is 4.52 Å². The van der Waals surface area contributed by atoms with Gasteiger partial charge >= 0.3 is 5.97 Å². The van der Waals surface area contributed by atoms with Gasteiger partial charge in [-0.15, -0.1) is 5.10 Å². The van der Waals surface area contributed by atoms with Gasteiger partial charge in [-0.2, -0.15) is 9.50 Å². The summed E-state index contributed by atoms with van der Waals surface area (Å²) in [5, 5.41) is 4.12. The highest BCUT2D eigenvalue weighted by Gasteiger charge is 2.26. The average molecular weight is 388 g/mol. The van der Waals surface area contributed by atoms with Crippen LogP contribution in [0.15, 0.2) is 0 Å². The Morgan fingerprint density at radius 2 is 2.04 bits per heavy atom. The minimum Gasteiger partial charge on any atom is -0.456 e. The number of anilines is 1. The summed E-state index contributed by atoms with van der Waals surface area (Å²) in [6.45, 7) is 6.40. The zero-order valence-electron chi connectivity index (χ0n) is 16.8. The molecule has 0 spiro atoms. The van der Waals surface area contributed by atoms with E-state index in [2.05, 4.69) is 22.0 Å². The minimum absolute atomic E-state index is 0.103. The first kappa shape index (κ1) is 20.0. The smallest absolute Gasteiger partial charge is 0.306 e. The van der Waals surface area contributed by atoms with Gasteiger partial charge in [-0.05, 0) is 51.5 Å². The largest absolute Gasteiger partial charge is 0.456 e. The molecule has 152 valence electrons. The number of aryl methyl sites for hydroxylation is 2. The van der Waals surface area contributed by atoms with Gasteiger partial charge in [0.1, 0.15) is 0 Å². The number of carbonyl (C=O) groups is 2. The van der Waals surface area contributed by atoms with Crippen LogP contribution in [0.2, 0.25) is 0 Å². The second-order valence-electron chi connectivity index (χ2n) is 7.25. The number of rotatable bonds is 6. The molecule has 1 saturated heterocycles. The van der Waals surface area contributed by atoms with Crippen molar-refractivity contribution in [2.75, 3.05) is 18.9 Å². The third-order valence-corrected chi connectivity index (χ3v) is 5.42. The Hall–Kier alpha value is -2.71. The molecular formula is C19H28N6O3. The van der Waals surface area contributed by atoms with Gasteiger partial charge < -0.3 is 15.4 Å². The standard InChI is InChI=1S/C19H28N6O3/c1-4-14-7-5-6-10-24(14)16(26)11-28-17(27)9-8-15-12(2)21-19-22-18(20)23-25(19)13(15)3/h14H,4-11H2,1-3H3,(H2,20,23)/t14-/m1/s1. The Bertz CT molecular complexity index is 878. The van der Waals surface area contributed by atoms with Gasteiger partial charge in [-0.3, -0.25) is 9.59 Å². The molecular weight excluding hydrogens is 360 g/mol. The van der Waals surface area contributed by atoms with Gasteiger partial charge in [0.2, 0.25) is 5.95 Å². The molecule has 28 heavy (non-hydrogen) atoms. The lowest BCUT2D eigenvalue weighted by Crippen LogP contribution is -2.45. The Kier molecular flexibility index (Phi) is 6.11. The van der Waals surface area contributed by atoms with E-state index in [0.717, 1.165) is 49.2 Å². The topological polar surface area (TPSA) is 116 Å². The number of carbonyl (C=O) groups excluding carboxylic acids is 2. The fourth-order valence-electron chi connectivity index (χ4n) is 3.86. The minimum atomic E-state index is -0.393. The van der Waals surface area contributed by atoms with Crippen LogP contribution in [0.5, 0.6) is 0 Å². The molecule has 0 saturated carbocycles. The summed E-state index contributed by atoms with van der Waals surface area (Å²) in [5.74, 6) is 0.105. The van der Waals surface area contributed by atoms with Crippen LogP contribution in [0.25, 0.3) is 5.78 Å². The number of nitrogen functional groups attached to an aromatic ring is 1. The lowest BCUT2D eigenvalue weighted by atomic mass is 10.00. The number of hydrogen-bond acceptors (Lipinski definition) is 7. The molecule has 0 aliphatic carbocycles. The van der Waals surface area contributed by atoms with E-state index in [1.165, 1.54) is 0 Å².